The lowest BCUT2D eigenvalue weighted by atomic mass is 10.0. The highest BCUT2D eigenvalue weighted by atomic mass is 32.1. The Morgan fingerprint density at radius 2 is 2.03 bits per heavy atom. The van der Waals surface area contributed by atoms with Crippen LogP contribution < -0.4 is 16.0 Å². The molecular weight excluding hydrogens is 482 g/mol. The van der Waals surface area contributed by atoms with Crippen LogP contribution in [-0.4, -0.2) is 51.8 Å². The number of fused-ring (bicyclic) bond motifs is 2. The average molecular weight is 512 g/mol. The Hall–Kier alpha value is -2.79. The number of carboxylic acids is 1. The van der Waals surface area contributed by atoms with Crippen LogP contribution in [0.5, 0.6) is 0 Å². The first kappa shape index (κ1) is 23.9. The maximum atomic E-state index is 11.6. The maximum Gasteiger partial charge on any atom is 0.348 e. The second-order valence-electron chi connectivity index (χ2n) is 8.92. The molecule has 8 nitrogen and oxygen atoms in total. The van der Waals surface area contributed by atoms with E-state index in [2.05, 4.69) is 28.2 Å². The van der Waals surface area contributed by atoms with Crippen LogP contribution in [0.2, 0.25) is 0 Å². The number of piperidine rings is 1. The van der Waals surface area contributed by atoms with Crippen molar-refractivity contribution in [2.45, 2.75) is 44.8 Å². The molecule has 10 heteroatoms. The molecule has 1 fully saturated rings. The van der Waals surface area contributed by atoms with Crippen LogP contribution in [0.1, 0.15) is 52.5 Å². The highest BCUT2D eigenvalue weighted by Gasteiger charge is 2.25. The number of para-hydroxylation sites is 1. The first-order valence-electron chi connectivity index (χ1n) is 11.9. The summed E-state index contributed by atoms with van der Waals surface area (Å²) in [6.45, 7) is 4.26. The number of nitrogen functional groups attached to an aromatic ring is 1. The van der Waals surface area contributed by atoms with E-state index in [-0.39, 0.29) is 4.88 Å². The first-order chi connectivity index (χ1) is 16.9. The molecule has 0 aliphatic carbocycles. The summed E-state index contributed by atoms with van der Waals surface area (Å²) in [6, 6.07) is 10.3. The fourth-order valence-corrected chi connectivity index (χ4v) is 6.61. The van der Waals surface area contributed by atoms with Gasteiger partial charge in [0, 0.05) is 31.1 Å². The molecule has 5 rings (SSSR count). The molecule has 184 valence electrons. The number of anilines is 2. The predicted molar refractivity (Wildman–Crippen MR) is 143 cm³/mol. The lowest BCUT2D eigenvalue weighted by Crippen LogP contribution is -2.44. The summed E-state index contributed by atoms with van der Waals surface area (Å²) >= 11 is 2.69. The molecule has 1 aliphatic heterocycles. The van der Waals surface area contributed by atoms with Crippen molar-refractivity contribution >= 4 is 60.6 Å². The number of nitrogens with zero attached hydrogens (tertiary/aromatic N) is 3. The van der Waals surface area contributed by atoms with Crippen molar-refractivity contribution in [3.63, 3.8) is 0 Å². The minimum atomic E-state index is -1.01. The zero-order chi connectivity index (χ0) is 24.5. The number of aromatic nitrogens is 2. The Labute approximate surface area is 211 Å². The van der Waals surface area contributed by atoms with E-state index in [1.165, 1.54) is 11.3 Å². The predicted octanol–water partition coefficient (Wildman–Crippen LogP) is 4.43. The van der Waals surface area contributed by atoms with E-state index in [0.29, 0.717) is 23.1 Å². The van der Waals surface area contributed by atoms with Gasteiger partial charge in [-0.1, -0.05) is 25.5 Å². The number of thiophene rings is 1. The van der Waals surface area contributed by atoms with Gasteiger partial charge in [-0.3, -0.25) is 0 Å². The molecule has 0 radical (unpaired) electrons. The summed E-state index contributed by atoms with van der Waals surface area (Å²) in [5.41, 5.74) is 8.50. The van der Waals surface area contributed by atoms with Crippen LogP contribution in [0.4, 0.5) is 11.5 Å². The van der Waals surface area contributed by atoms with Crippen molar-refractivity contribution in [2.24, 2.45) is 0 Å². The van der Waals surface area contributed by atoms with Gasteiger partial charge in [0.05, 0.1) is 15.9 Å². The summed E-state index contributed by atoms with van der Waals surface area (Å²) in [5.74, 6) is -0.124. The minimum Gasteiger partial charge on any atom is -0.477 e. The normalized spacial score (nSPS) is 15.8. The number of aryl methyl sites for hydroxylation is 1. The molecule has 1 saturated heterocycles. The number of carboxylic acid groups (broad SMARTS) is 1. The van der Waals surface area contributed by atoms with Crippen LogP contribution in [0.15, 0.2) is 30.3 Å². The molecule has 0 bridgehead atoms. The van der Waals surface area contributed by atoms with Gasteiger partial charge in [0.1, 0.15) is 26.6 Å². The fraction of sp³-hybridized carbons (Fsp3) is 0.400. The van der Waals surface area contributed by atoms with E-state index in [1.807, 2.05) is 24.3 Å². The molecule has 0 spiro atoms. The lowest BCUT2D eigenvalue weighted by Gasteiger charge is -2.33. The summed E-state index contributed by atoms with van der Waals surface area (Å²) in [6.07, 6.45) is 3.01. The third-order valence-electron chi connectivity index (χ3n) is 6.50. The Balaban J connectivity index is 1.24. The number of nitrogens with two attached hydrogens (primary N) is 1. The molecule has 1 aliphatic rings. The Bertz CT molecular complexity index is 1330. The van der Waals surface area contributed by atoms with Crippen LogP contribution in [0, 0.1) is 0 Å². The van der Waals surface area contributed by atoms with E-state index >= 15 is 0 Å². The standard InChI is InChI=1S/C25H29N5O3S2/c1-2-5-14-12-19(29-24-20(14)21(26)22(35-24)25(32)33)30-10-8-15(9-11-30)27-13-17(31)23-28-16-6-3-4-7-18(16)34-23/h3-4,6-7,12,15,17,27,31H,2,5,8-11,13,26H2,1H3,(H,32,33). The van der Waals surface area contributed by atoms with E-state index in [1.54, 1.807) is 0 Å². The van der Waals surface area contributed by atoms with Gasteiger partial charge in [-0.2, -0.15) is 0 Å². The fourth-order valence-electron chi connectivity index (χ4n) is 4.68. The SMILES string of the molecule is CCCc1cc(N2CCC(NCC(O)c3nc4ccccc4s3)CC2)nc2sc(C(=O)O)c(N)c12. The third-order valence-corrected chi connectivity index (χ3v) is 8.72. The van der Waals surface area contributed by atoms with Gasteiger partial charge in [0.2, 0.25) is 0 Å². The number of nitrogens with one attached hydrogen (secondary N) is 1. The molecule has 4 aromatic rings. The second kappa shape index (κ2) is 10.1. The Morgan fingerprint density at radius 3 is 2.74 bits per heavy atom. The van der Waals surface area contributed by atoms with Gasteiger partial charge in [-0.05, 0) is 43.0 Å². The number of rotatable bonds is 8. The molecular formula is C25H29N5O3S2. The van der Waals surface area contributed by atoms with Crippen molar-refractivity contribution in [3.8, 4) is 0 Å². The van der Waals surface area contributed by atoms with Gasteiger partial charge >= 0.3 is 5.97 Å². The molecule has 1 unspecified atom stereocenters. The number of aliphatic hydroxyl groups is 1. The highest BCUT2D eigenvalue weighted by molar-refractivity contribution is 7.21. The zero-order valence-corrected chi connectivity index (χ0v) is 21.2. The smallest absolute Gasteiger partial charge is 0.348 e. The summed E-state index contributed by atoms with van der Waals surface area (Å²) in [7, 11) is 0. The van der Waals surface area contributed by atoms with Gasteiger partial charge in [-0.25, -0.2) is 14.8 Å². The Morgan fingerprint density at radius 1 is 1.26 bits per heavy atom. The lowest BCUT2D eigenvalue weighted by molar-refractivity contribution is 0.0703. The Kier molecular flexibility index (Phi) is 6.88. The van der Waals surface area contributed by atoms with Crippen molar-refractivity contribution in [3.05, 3.63) is 45.8 Å². The number of pyridine rings is 1. The van der Waals surface area contributed by atoms with Crippen molar-refractivity contribution in [2.75, 3.05) is 30.3 Å². The molecule has 3 aromatic heterocycles. The molecule has 1 atom stereocenters. The molecule has 0 saturated carbocycles. The highest BCUT2D eigenvalue weighted by Crippen LogP contribution is 2.37. The number of carbonyl (C=O) groups is 1. The average Bonchev–Trinajstić information content (AvgIpc) is 3.44. The minimum absolute atomic E-state index is 0.164. The van der Waals surface area contributed by atoms with Crippen LogP contribution in [0.25, 0.3) is 20.4 Å². The van der Waals surface area contributed by atoms with E-state index < -0.39 is 12.1 Å². The van der Waals surface area contributed by atoms with Gasteiger partial charge in [0.25, 0.3) is 0 Å². The first-order valence-corrected chi connectivity index (χ1v) is 13.5. The van der Waals surface area contributed by atoms with E-state index in [0.717, 1.165) is 82.1 Å². The molecule has 5 N–H and O–H groups in total. The number of benzene rings is 1. The number of hydrogen-bond acceptors (Lipinski definition) is 9. The monoisotopic (exact) mass is 511 g/mol. The van der Waals surface area contributed by atoms with Gasteiger partial charge in [0.15, 0.2) is 0 Å². The largest absolute Gasteiger partial charge is 0.477 e. The quantitative estimate of drug-likeness (QED) is 0.274. The number of aromatic carboxylic acids is 1. The van der Waals surface area contributed by atoms with Crippen LogP contribution in [-0.2, 0) is 6.42 Å². The summed E-state index contributed by atoms with van der Waals surface area (Å²) in [5, 5.41) is 25.2. The summed E-state index contributed by atoms with van der Waals surface area (Å²) < 4.78 is 1.09. The number of hydrogen-bond donors (Lipinski definition) is 4. The van der Waals surface area contributed by atoms with E-state index in [4.69, 9.17) is 10.7 Å². The molecule has 0 amide bonds. The summed E-state index contributed by atoms with van der Waals surface area (Å²) in [4.78, 5) is 24.1. The third kappa shape index (κ3) is 4.84. The van der Waals surface area contributed by atoms with Crippen LogP contribution in [0.3, 0.4) is 0 Å². The van der Waals surface area contributed by atoms with Crippen molar-refractivity contribution < 1.29 is 15.0 Å². The molecule has 4 heterocycles. The second-order valence-corrected chi connectivity index (χ2v) is 11.0. The molecule has 1 aromatic carbocycles. The topological polar surface area (TPSA) is 125 Å². The van der Waals surface area contributed by atoms with Crippen LogP contribution >= 0.6 is 22.7 Å². The van der Waals surface area contributed by atoms with Crippen molar-refractivity contribution in [1.82, 2.24) is 15.3 Å². The van der Waals surface area contributed by atoms with Gasteiger partial charge < -0.3 is 26.2 Å². The zero-order valence-electron chi connectivity index (χ0n) is 19.5. The van der Waals surface area contributed by atoms with Crippen molar-refractivity contribution in [1.29, 1.82) is 0 Å². The molecule has 35 heavy (non-hydrogen) atoms. The number of thiazole rings is 1. The van der Waals surface area contributed by atoms with Gasteiger partial charge in [-0.15, -0.1) is 22.7 Å². The number of aliphatic hydroxyl groups excluding tert-OH is 1. The van der Waals surface area contributed by atoms with E-state index in [9.17, 15) is 15.0 Å². The maximum absolute atomic E-state index is 11.6.